The molecule has 6 heteroatoms. The predicted molar refractivity (Wildman–Crippen MR) is 72.6 cm³/mol. The van der Waals surface area contributed by atoms with Crippen LogP contribution in [0.1, 0.15) is 11.4 Å². The van der Waals surface area contributed by atoms with Crippen molar-refractivity contribution in [1.82, 2.24) is 20.0 Å². The first-order valence-corrected chi connectivity index (χ1v) is 5.68. The van der Waals surface area contributed by atoms with Gasteiger partial charge in [0.05, 0.1) is 11.1 Å². The van der Waals surface area contributed by atoms with Crippen molar-refractivity contribution in [3.8, 4) is 5.82 Å². The first kappa shape index (κ1) is 13.0. The average molecular weight is 258 g/mol. The summed E-state index contributed by atoms with van der Waals surface area (Å²) in [5.41, 5.74) is 1.72. The molecule has 98 valence electrons. The van der Waals surface area contributed by atoms with Crippen molar-refractivity contribution in [2.45, 2.75) is 13.8 Å². The van der Waals surface area contributed by atoms with Gasteiger partial charge in [-0.25, -0.2) is 9.78 Å². The molecule has 0 spiro atoms. The van der Waals surface area contributed by atoms with Crippen LogP contribution < -0.4 is 5.56 Å². The van der Waals surface area contributed by atoms with Gasteiger partial charge in [-0.3, -0.25) is 4.79 Å². The maximum Gasteiger partial charge on any atom is 0.272 e. The number of rotatable bonds is 1. The first-order valence-electron chi connectivity index (χ1n) is 5.68. The highest BCUT2D eigenvalue weighted by Crippen LogP contribution is 2.17. The van der Waals surface area contributed by atoms with E-state index in [-0.39, 0.29) is 11.0 Å². The minimum Gasteiger partial charge on any atom is -0.412 e. The average Bonchev–Trinajstić information content (AvgIpc) is 2.69. The number of hydrogen-bond donors (Lipinski definition) is 1. The van der Waals surface area contributed by atoms with Gasteiger partial charge in [-0.05, 0) is 26.0 Å². The molecule has 0 aliphatic heterocycles. The van der Waals surface area contributed by atoms with Crippen LogP contribution in [0.2, 0.25) is 0 Å². The molecule has 3 aromatic rings. The molecular formula is C13H14N4O2. The van der Waals surface area contributed by atoms with Gasteiger partial charge in [-0.2, -0.15) is 10.2 Å². The molecule has 0 aliphatic rings. The van der Waals surface area contributed by atoms with Crippen LogP contribution >= 0.6 is 0 Å². The van der Waals surface area contributed by atoms with Crippen LogP contribution in [0.4, 0.5) is 0 Å². The summed E-state index contributed by atoms with van der Waals surface area (Å²) >= 11 is 0. The quantitative estimate of drug-likeness (QED) is 0.702. The van der Waals surface area contributed by atoms with Crippen LogP contribution in [0.15, 0.2) is 35.1 Å². The Hall–Kier alpha value is -2.47. The van der Waals surface area contributed by atoms with Crippen LogP contribution in [0.5, 0.6) is 0 Å². The lowest BCUT2D eigenvalue weighted by Crippen LogP contribution is -2.13. The maximum absolute atomic E-state index is 11.7. The second-order valence-corrected chi connectivity index (χ2v) is 4.26. The smallest absolute Gasteiger partial charge is 0.272 e. The number of hydrogen-bond acceptors (Lipinski definition) is 3. The number of nitrogens with one attached hydrogen (secondary N) is 1. The van der Waals surface area contributed by atoms with Crippen LogP contribution in [-0.2, 0) is 0 Å². The Labute approximate surface area is 109 Å². The summed E-state index contributed by atoms with van der Waals surface area (Å²) < 4.78 is 1.74. The Balaban J connectivity index is 0.00000133. The molecule has 2 aromatic heterocycles. The summed E-state index contributed by atoms with van der Waals surface area (Å²) in [7, 11) is 0. The van der Waals surface area contributed by atoms with Gasteiger partial charge in [0.2, 0.25) is 0 Å². The monoisotopic (exact) mass is 258 g/mol. The number of aromatic nitrogens is 4. The SMILES string of the molecule is Cc1cc(C)n(-c2n[nH]c(=O)c3ccccc23)n1.O. The van der Waals surface area contributed by atoms with E-state index in [0.717, 1.165) is 16.8 Å². The van der Waals surface area contributed by atoms with Gasteiger partial charge in [-0.1, -0.05) is 18.2 Å². The third-order valence-corrected chi connectivity index (χ3v) is 2.89. The fraction of sp³-hybridized carbons (Fsp3) is 0.154. The lowest BCUT2D eigenvalue weighted by atomic mass is 10.2. The van der Waals surface area contributed by atoms with E-state index in [2.05, 4.69) is 15.3 Å². The topological polar surface area (TPSA) is 95.1 Å². The molecule has 3 rings (SSSR count). The van der Waals surface area contributed by atoms with Crippen molar-refractivity contribution in [1.29, 1.82) is 0 Å². The molecule has 0 amide bonds. The van der Waals surface area contributed by atoms with E-state index in [9.17, 15) is 4.79 Å². The molecule has 3 N–H and O–H groups in total. The molecule has 19 heavy (non-hydrogen) atoms. The van der Waals surface area contributed by atoms with Crippen molar-refractivity contribution in [2.24, 2.45) is 0 Å². The zero-order valence-corrected chi connectivity index (χ0v) is 10.6. The summed E-state index contributed by atoms with van der Waals surface area (Å²) in [6, 6.07) is 9.36. The Bertz CT molecular complexity index is 789. The molecule has 0 atom stereocenters. The predicted octanol–water partition coefficient (Wildman–Crippen LogP) is 0.901. The highest BCUT2D eigenvalue weighted by Gasteiger charge is 2.10. The highest BCUT2D eigenvalue weighted by molar-refractivity contribution is 5.87. The van der Waals surface area contributed by atoms with Crippen LogP contribution in [0, 0.1) is 13.8 Å². The molecule has 0 aliphatic carbocycles. The van der Waals surface area contributed by atoms with E-state index in [4.69, 9.17) is 0 Å². The highest BCUT2D eigenvalue weighted by atomic mass is 16.1. The van der Waals surface area contributed by atoms with Gasteiger partial charge >= 0.3 is 0 Å². The molecule has 0 fully saturated rings. The minimum absolute atomic E-state index is 0. The molecule has 0 saturated carbocycles. The number of aromatic amines is 1. The van der Waals surface area contributed by atoms with Crippen molar-refractivity contribution in [3.63, 3.8) is 0 Å². The Morgan fingerprint density at radius 3 is 2.47 bits per heavy atom. The molecule has 2 heterocycles. The summed E-state index contributed by atoms with van der Waals surface area (Å²) in [4.78, 5) is 11.7. The molecule has 1 aromatic carbocycles. The van der Waals surface area contributed by atoms with E-state index in [1.807, 2.05) is 38.1 Å². The second-order valence-electron chi connectivity index (χ2n) is 4.26. The van der Waals surface area contributed by atoms with E-state index < -0.39 is 0 Å². The van der Waals surface area contributed by atoms with Gasteiger partial charge in [0.15, 0.2) is 5.82 Å². The number of H-pyrrole nitrogens is 1. The Kier molecular flexibility index (Phi) is 3.18. The molecule has 0 saturated heterocycles. The lowest BCUT2D eigenvalue weighted by Gasteiger charge is -2.06. The molecule has 0 bridgehead atoms. The number of fused-ring (bicyclic) bond motifs is 1. The summed E-state index contributed by atoms with van der Waals surface area (Å²) in [5.74, 6) is 0.649. The summed E-state index contributed by atoms with van der Waals surface area (Å²) in [5, 5.41) is 12.4. The zero-order valence-electron chi connectivity index (χ0n) is 10.6. The third kappa shape index (κ3) is 2.02. The second kappa shape index (κ2) is 4.66. The third-order valence-electron chi connectivity index (χ3n) is 2.89. The van der Waals surface area contributed by atoms with E-state index in [0.29, 0.717) is 11.2 Å². The molecule has 0 unspecified atom stereocenters. The van der Waals surface area contributed by atoms with E-state index >= 15 is 0 Å². The van der Waals surface area contributed by atoms with Crippen molar-refractivity contribution < 1.29 is 5.48 Å². The van der Waals surface area contributed by atoms with Crippen molar-refractivity contribution in [2.75, 3.05) is 0 Å². The van der Waals surface area contributed by atoms with Crippen LogP contribution in [-0.4, -0.2) is 25.5 Å². The molecule has 6 nitrogen and oxygen atoms in total. The fourth-order valence-electron chi connectivity index (χ4n) is 2.11. The fourth-order valence-corrected chi connectivity index (χ4v) is 2.11. The first-order chi connectivity index (χ1) is 8.66. The number of aryl methyl sites for hydroxylation is 2. The largest absolute Gasteiger partial charge is 0.412 e. The van der Waals surface area contributed by atoms with Gasteiger partial charge in [0.1, 0.15) is 0 Å². The van der Waals surface area contributed by atoms with Gasteiger partial charge in [0, 0.05) is 11.1 Å². The Morgan fingerprint density at radius 1 is 1.16 bits per heavy atom. The molecular weight excluding hydrogens is 244 g/mol. The van der Waals surface area contributed by atoms with Gasteiger partial charge in [-0.15, -0.1) is 0 Å². The lowest BCUT2D eigenvalue weighted by molar-refractivity contribution is 0.787. The number of benzene rings is 1. The zero-order chi connectivity index (χ0) is 12.7. The maximum atomic E-state index is 11.7. The van der Waals surface area contributed by atoms with Crippen molar-refractivity contribution in [3.05, 3.63) is 52.1 Å². The summed E-state index contributed by atoms with van der Waals surface area (Å²) in [6.07, 6.45) is 0. The van der Waals surface area contributed by atoms with Crippen LogP contribution in [0.25, 0.3) is 16.6 Å². The standard InChI is InChI=1S/C13H12N4O.H2O/c1-8-7-9(2)17(16-8)12-10-5-3-4-6-11(10)13(18)15-14-12;/h3-7H,1-2H3,(H,15,18);1H2. The minimum atomic E-state index is -0.184. The normalized spacial score (nSPS) is 10.4. The molecule has 0 radical (unpaired) electrons. The summed E-state index contributed by atoms with van der Waals surface area (Å²) in [6.45, 7) is 3.89. The number of nitrogens with zero attached hydrogens (tertiary/aromatic N) is 3. The Morgan fingerprint density at radius 2 is 1.84 bits per heavy atom. The van der Waals surface area contributed by atoms with Crippen LogP contribution in [0.3, 0.4) is 0 Å². The van der Waals surface area contributed by atoms with Gasteiger partial charge in [0.25, 0.3) is 5.56 Å². The van der Waals surface area contributed by atoms with Crippen molar-refractivity contribution >= 4 is 10.8 Å². The van der Waals surface area contributed by atoms with Gasteiger partial charge < -0.3 is 5.48 Å². The van der Waals surface area contributed by atoms with E-state index in [1.165, 1.54) is 0 Å². The van der Waals surface area contributed by atoms with E-state index in [1.54, 1.807) is 10.7 Å².